The molecule has 0 bridgehead atoms. The second-order valence-electron chi connectivity index (χ2n) is 15.7. The highest BCUT2D eigenvalue weighted by molar-refractivity contribution is 5.25. The summed E-state index contributed by atoms with van der Waals surface area (Å²) >= 11 is 0. The van der Waals surface area contributed by atoms with Gasteiger partial charge < -0.3 is 29.9 Å². The predicted molar refractivity (Wildman–Crippen MR) is 161 cm³/mol. The topological polar surface area (TPSA) is 99.4 Å². The van der Waals surface area contributed by atoms with Crippen molar-refractivity contribution in [3.8, 4) is 0 Å². The van der Waals surface area contributed by atoms with Crippen LogP contribution >= 0.6 is 0 Å². The maximum Gasteiger partial charge on any atom is 0.186 e. The van der Waals surface area contributed by atoms with Gasteiger partial charge in [0.25, 0.3) is 0 Å². The van der Waals surface area contributed by atoms with Crippen molar-refractivity contribution in [2.75, 3.05) is 6.61 Å². The van der Waals surface area contributed by atoms with Gasteiger partial charge in [-0.25, -0.2) is 0 Å². The quantitative estimate of drug-likeness (QED) is 0.257. The molecule has 4 aliphatic carbocycles. The number of allylic oxidation sites excluding steroid dienone is 1. The fourth-order valence-electron chi connectivity index (χ4n) is 10.8. The lowest BCUT2D eigenvalue weighted by Crippen LogP contribution is -2.60. The molecule has 0 spiro atoms. The molecule has 1 saturated heterocycles. The second kappa shape index (κ2) is 12.5. The Morgan fingerprint density at radius 3 is 2.39 bits per heavy atom. The first-order valence-electron chi connectivity index (χ1n) is 17.1. The Labute approximate surface area is 249 Å². The van der Waals surface area contributed by atoms with Crippen LogP contribution in [0.2, 0.25) is 0 Å². The lowest BCUT2D eigenvalue weighted by molar-refractivity contribution is -0.313. The molecule has 14 atom stereocenters. The Bertz CT molecular complexity index is 918. The maximum atomic E-state index is 10.5. The third-order valence-electron chi connectivity index (χ3n) is 13.5. The van der Waals surface area contributed by atoms with Crippen molar-refractivity contribution in [1.82, 2.24) is 0 Å². The minimum absolute atomic E-state index is 0.101. The molecular weight excluding hydrogens is 516 g/mol. The Morgan fingerprint density at radius 1 is 0.951 bits per heavy atom. The molecule has 0 radical (unpaired) electrons. The van der Waals surface area contributed by atoms with Crippen LogP contribution in [0.4, 0.5) is 0 Å². The summed E-state index contributed by atoms with van der Waals surface area (Å²) in [5.41, 5.74) is 2.19. The smallest absolute Gasteiger partial charge is 0.186 e. The van der Waals surface area contributed by atoms with Crippen LogP contribution in [-0.2, 0) is 9.47 Å². The standard InChI is InChI=1S/C35H60O6/c1-7-22(20(2)3)9-8-21(4)26-12-13-27-25-11-10-23-18-24(14-16-34(23,5)28(25)15-17-35(26,27)6)40-33-32(39)31(38)30(37)29(19-36)41-33/h10,20-22,24-33,36-39H,7-9,11-19H2,1-6H3/t21-,22-,24+,25+,26-,27+,28+,29-,30-,31+,32-,33-,34-,35-/m1/s1. The Hall–Kier alpha value is -0.500. The van der Waals surface area contributed by atoms with Crippen LogP contribution in [0.5, 0.6) is 0 Å². The Morgan fingerprint density at radius 2 is 1.71 bits per heavy atom. The molecule has 41 heavy (non-hydrogen) atoms. The number of fused-ring (bicyclic) bond motifs is 5. The fourth-order valence-corrected chi connectivity index (χ4v) is 10.8. The van der Waals surface area contributed by atoms with Crippen molar-refractivity contribution < 1.29 is 29.9 Å². The zero-order chi connectivity index (χ0) is 29.7. The van der Waals surface area contributed by atoms with E-state index in [1.165, 1.54) is 56.9 Å². The average Bonchev–Trinajstić information content (AvgIpc) is 3.30. The molecular formula is C35H60O6. The summed E-state index contributed by atoms with van der Waals surface area (Å²) in [6.07, 6.45) is 9.92. The summed E-state index contributed by atoms with van der Waals surface area (Å²) in [7, 11) is 0. The van der Waals surface area contributed by atoms with Gasteiger partial charge in [0.2, 0.25) is 0 Å². The number of rotatable bonds is 9. The molecule has 0 aromatic rings. The fraction of sp³-hybridized carbons (Fsp3) is 0.943. The maximum absolute atomic E-state index is 10.5. The molecule has 1 heterocycles. The van der Waals surface area contributed by atoms with Gasteiger partial charge >= 0.3 is 0 Å². The normalized spacial score (nSPS) is 47.7. The van der Waals surface area contributed by atoms with Gasteiger partial charge in [0, 0.05) is 0 Å². The van der Waals surface area contributed by atoms with Crippen LogP contribution in [0.3, 0.4) is 0 Å². The van der Waals surface area contributed by atoms with E-state index in [-0.39, 0.29) is 11.5 Å². The van der Waals surface area contributed by atoms with Gasteiger partial charge in [0.15, 0.2) is 6.29 Å². The first-order valence-corrected chi connectivity index (χ1v) is 17.1. The van der Waals surface area contributed by atoms with E-state index in [1.807, 2.05) is 0 Å². The molecule has 0 unspecified atom stereocenters. The minimum atomic E-state index is -1.40. The third kappa shape index (κ3) is 5.73. The summed E-state index contributed by atoms with van der Waals surface area (Å²) in [6, 6.07) is 0. The molecule has 4 N–H and O–H groups in total. The predicted octanol–water partition coefficient (Wildman–Crippen LogP) is 5.85. The summed E-state index contributed by atoms with van der Waals surface area (Å²) in [6.45, 7) is 14.5. The highest BCUT2D eigenvalue weighted by Crippen LogP contribution is 2.67. The van der Waals surface area contributed by atoms with Gasteiger partial charge in [-0.3, -0.25) is 0 Å². The van der Waals surface area contributed by atoms with Gasteiger partial charge in [-0.15, -0.1) is 0 Å². The first-order chi connectivity index (χ1) is 19.4. The average molecular weight is 577 g/mol. The van der Waals surface area contributed by atoms with Crippen molar-refractivity contribution in [3.05, 3.63) is 11.6 Å². The molecule has 5 aliphatic rings. The number of aliphatic hydroxyl groups excluding tert-OH is 4. The minimum Gasteiger partial charge on any atom is -0.394 e. The lowest BCUT2D eigenvalue weighted by Gasteiger charge is -2.58. The summed E-state index contributed by atoms with van der Waals surface area (Å²) in [4.78, 5) is 0. The highest BCUT2D eigenvalue weighted by Gasteiger charge is 2.59. The van der Waals surface area contributed by atoms with Crippen molar-refractivity contribution in [1.29, 1.82) is 0 Å². The van der Waals surface area contributed by atoms with Crippen molar-refractivity contribution in [3.63, 3.8) is 0 Å². The zero-order valence-electron chi connectivity index (χ0n) is 26.7. The van der Waals surface area contributed by atoms with Crippen LogP contribution in [0.1, 0.15) is 112 Å². The lowest BCUT2D eigenvalue weighted by atomic mass is 9.47. The number of aliphatic hydroxyl groups is 4. The monoisotopic (exact) mass is 576 g/mol. The van der Waals surface area contributed by atoms with Crippen LogP contribution in [0, 0.1) is 52.3 Å². The molecule has 236 valence electrons. The molecule has 4 fully saturated rings. The van der Waals surface area contributed by atoms with Crippen LogP contribution < -0.4 is 0 Å². The number of ether oxygens (including phenoxy) is 2. The molecule has 6 nitrogen and oxygen atoms in total. The zero-order valence-corrected chi connectivity index (χ0v) is 26.7. The first kappa shape index (κ1) is 31.9. The Kier molecular flexibility index (Phi) is 9.71. The molecule has 6 heteroatoms. The molecule has 5 rings (SSSR count). The highest BCUT2D eigenvalue weighted by atomic mass is 16.7. The summed E-state index contributed by atoms with van der Waals surface area (Å²) in [5.74, 6) is 5.66. The van der Waals surface area contributed by atoms with E-state index in [1.54, 1.807) is 0 Å². The summed E-state index contributed by atoms with van der Waals surface area (Å²) < 4.78 is 11.9. The largest absolute Gasteiger partial charge is 0.394 e. The van der Waals surface area contributed by atoms with Crippen molar-refractivity contribution >= 4 is 0 Å². The Balaban J connectivity index is 1.24. The molecule has 0 amide bonds. The van der Waals surface area contributed by atoms with Gasteiger partial charge in [-0.2, -0.15) is 0 Å². The molecule has 0 aromatic carbocycles. The SMILES string of the molecule is CC[C@H](CC[C@@H](C)[C@H]1CC[C@H]2[C@@H]3CC=C4C[C@@H](O[C@@H]5O[C@H](CO)[C@@H](O)[C@H](O)[C@H]5O)CC[C@@]4(C)[C@H]3CC[C@]12C)C(C)C. The number of hydrogen-bond donors (Lipinski definition) is 4. The second-order valence-corrected chi connectivity index (χ2v) is 15.7. The van der Waals surface area contributed by atoms with E-state index >= 15 is 0 Å². The van der Waals surface area contributed by atoms with Crippen molar-refractivity contribution in [2.45, 2.75) is 149 Å². The van der Waals surface area contributed by atoms with E-state index in [4.69, 9.17) is 9.47 Å². The molecule has 3 saturated carbocycles. The van der Waals surface area contributed by atoms with Crippen molar-refractivity contribution in [2.24, 2.45) is 52.3 Å². The number of hydrogen-bond acceptors (Lipinski definition) is 6. The van der Waals surface area contributed by atoms with E-state index in [0.717, 1.165) is 60.7 Å². The van der Waals surface area contributed by atoms with E-state index in [0.29, 0.717) is 5.41 Å². The molecule has 1 aliphatic heterocycles. The summed E-state index contributed by atoms with van der Waals surface area (Å²) in [5, 5.41) is 40.4. The van der Waals surface area contributed by atoms with E-state index in [2.05, 4.69) is 47.6 Å². The van der Waals surface area contributed by atoms with Gasteiger partial charge in [0.05, 0.1) is 12.7 Å². The van der Waals surface area contributed by atoms with Gasteiger partial charge in [-0.05, 0) is 110 Å². The van der Waals surface area contributed by atoms with Crippen LogP contribution in [-0.4, -0.2) is 63.8 Å². The van der Waals surface area contributed by atoms with Gasteiger partial charge in [0.1, 0.15) is 24.4 Å². The molecule has 0 aromatic heterocycles. The van der Waals surface area contributed by atoms with E-state index in [9.17, 15) is 20.4 Å². The van der Waals surface area contributed by atoms with Crippen LogP contribution in [0.25, 0.3) is 0 Å². The third-order valence-corrected chi connectivity index (χ3v) is 13.5. The van der Waals surface area contributed by atoms with Crippen LogP contribution in [0.15, 0.2) is 11.6 Å². The van der Waals surface area contributed by atoms with Gasteiger partial charge in [-0.1, -0.05) is 66.0 Å². The van der Waals surface area contributed by atoms with E-state index < -0.39 is 37.3 Å².